The summed E-state index contributed by atoms with van der Waals surface area (Å²) in [5.74, 6) is 0.410. The third-order valence-electron chi connectivity index (χ3n) is 2.19. The third kappa shape index (κ3) is 6.08. The first-order chi connectivity index (χ1) is 8.13. The maximum atomic E-state index is 5.16. The number of hydrogen-bond acceptors (Lipinski definition) is 2. The van der Waals surface area contributed by atoms with Crippen molar-refractivity contribution in [2.24, 2.45) is 11.0 Å². The molecule has 0 fully saturated rings. The Morgan fingerprint density at radius 2 is 2.11 bits per heavy atom. The smallest absolute Gasteiger partial charge is 0.191 e. The number of nitrogens with one attached hydrogen (secondary N) is 2. The van der Waals surface area contributed by atoms with E-state index in [1.807, 2.05) is 24.4 Å². The first-order valence-corrected chi connectivity index (χ1v) is 6.22. The number of aryl methyl sites for hydroxylation is 1. The van der Waals surface area contributed by atoms with Gasteiger partial charge in [-0.3, -0.25) is 5.43 Å². The summed E-state index contributed by atoms with van der Waals surface area (Å²) in [5.41, 5.74) is 5.08. The Morgan fingerprint density at radius 1 is 1.44 bits per heavy atom. The third-order valence-corrected chi connectivity index (χ3v) is 2.38. The summed E-state index contributed by atoms with van der Waals surface area (Å²) in [6.45, 7) is 6.25. The van der Waals surface area contributed by atoms with Crippen LogP contribution in [0.2, 0.25) is 0 Å². The lowest BCUT2D eigenvalue weighted by Crippen LogP contribution is -2.24. The van der Waals surface area contributed by atoms with Crippen LogP contribution in [0.15, 0.2) is 29.4 Å². The molecular formula is C13H26N3PS. The lowest BCUT2D eigenvalue weighted by molar-refractivity contribution is 0.886. The highest BCUT2D eigenvalue weighted by molar-refractivity contribution is 7.80. The molecule has 0 spiro atoms. The summed E-state index contributed by atoms with van der Waals surface area (Å²) in [6, 6.07) is 8.11. The molecule has 3 nitrogen and oxygen atoms in total. The lowest BCUT2D eigenvalue weighted by atomic mass is 10.1. The number of hydrogen-bond donors (Lipinski definition) is 2. The average Bonchev–Trinajstić information content (AvgIpc) is 2.29. The van der Waals surface area contributed by atoms with Crippen molar-refractivity contribution in [3.8, 4) is 0 Å². The molecular weight excluding hydrogens is 261 g/mol. The molecule has 1 aromatic carbocycles. The number of thiocarbonyl (C=S) groups is 1. The molecule has 1 atom stereocenters. The molecule has 0 bridgehead atoms. The van der Waals surface area contributed by atoms with Gasteiger partial charge < -0.3 is 5.32 Å². The molecule has 0 aliphatic heterocycles. The minimum atomic E-state index is 0. The van der Waals surface area contributed by atoms with Crippen LogP contribution >= 0.6 is 22.1 Å². The highest BCUT2D eigenvalue weighted by Crippen LogP contribution is 2.14. The van der Waals surface area contributed by atoms with E-state index < -0.39 is 0 Å². The quantitative estimate of drug-likeness (QED) is 0.383. The first kappa shape index (κ1) is 17.0. The Labute approximate surface area is 121 Å². The summed E-state index contributed by atoms with van der Waals surface area (Å²) < 4.78 is 0. The first-order valence-electron chi connectivity index (χ1n) is 5.81. The van der Waals surface area contributed by atoms with Crippen LogP contribution in [0.1, 0.15) is 29.2 Å². The predicted molar refractivity (Wildman–Crippen MR) is 93.8 cm³/mol. The Bertz CT molecular complexity index is 414. The summed E-state index contributed by atoms with van der Waals surface area (Å²) in [6.07, 6.45) is 2.79. The SMILES string of the molecule is CCc1ccccc1NC(=S)N/N=C/C(C)C.P.[HH].[HH]. The molecule has 0 radical (unpaired) electrons. The largest absolute Gasteiger partial charge is 0.331 e. The average molecular weight is 287 g/mol. The minimum absolute atomic E-state index is 0. The molecule has 1 rings (SSSR count). The molecule has 2 N–H and O–H groups in total. The zero-order valence-electron chi connectivity index (χ0n) is 11.2. The van der Waals surface area contributed by atoms with Crippen molar-refractivity contribution >= 4 is 39.1 Å². The molecule has 0 amide bonds. The van der Waals surface area contributed by atoms with Crippen LogP contribution in [0, 0.1) is 5.92 Å². The lowest BCUT2D eigenvalue weighted by Gasteiger charge is -2.10. The van der Waals surface area contributed by atoms with Gasteiger partial charge in [-0.25, -0.2) is 0 Å². The topological polar surface area (TPSA) is 36.4 Å². The van der Waals surface area contributed by atoms with Crippen molar-refractivity contribution < 1.29 is 2.85 Å². The van der Waals surface area contributed by atoms with E-state index in [1.54, 1.807) is 0 Å². The van der Waals surface area contributed by atoms with Crippen LogP contribution in [-0.4, -0.2) is 11.3 Å². The van der Waals surface area contributed by atoms with Gasteiger partial charge in [0.25, 0.3) is 0 Å². The fourth-order valence-electron chi connectivity index (χ4n) is 1.35. The summed E-state index contributed by atoms with van der Waals surface area (Å²) in [4.78, 5) is 0. The van der Waals surface area contributed by atoms with Gasteiger partial charge in [0.15, 0.2) is 5.11 Å². The van der Waals surface area contributed by atoms with Crippen LogP contribution < -0.4 is 10.7 Å². The van der Waals surface area contributed by atoms with Crippen LogP contribution in [0.3, 0.4) is 0 Å². The summed E-state index contributed by atoms with van der Waals surface area (Å²) in [5, 5.41) is 7.70. The Morgan fingerprint density at radius 3 is 2.72 bits per heavy atom. The maximum Gasteiger partial charge on any atom is 0.191 e. The van der Waals surface area contributed by atoms with Gasteiger partial charge in [-0.1, -0.05) is 39.0 Å². The fraction of sp³-hybridized carbons (Fsp3) is 0.385. The van der Waals surface area contributed by atoms with E-state index in [0.29, 0.717) is 11.0 Å². The number of hydrazone groups is 1. The molecule has 18 heavy (non-hydrogen) atoms. The molecule has 0 aliphatic rings. The minimum Gasteiger partial charge on any atom is -0.331 e. The van der Waals surface area contributed by atoms with Crippen molar-refractivity contribution in [3.05, 3.63) is 29.8 Å². The van der Waals surface area contributed by atoms with E-state index in [2.05, 4.69) is 42.7 Å². The number of anilines is 1. The van der Waals surface area contributed by atoms with Gasteiger partial charge in [-0.15, -0.1) is 0 Å². The van der Waals surface area contributed by atoms with Crippen LogP contribution in [0.4, 0.5) is 5.69 Å². The summed E-state index contributed by atoms with van der Waals surface area (Å²) >= 11 is 5.16. The van der Waals surface area contributed by atoms with Crippen LogP contribution in [0.25, 0.3) is 0 Å². The standard InChI is InChI=1S/C13H19N3S.H3P.2H2/c1-4-11-7-5-6-8-12(11)15-13(17)16-14-9-10(2)3;;;/h5-10H,4H2,1-3H3,(H2,15,16,17);1H3;2*1H/b14-9+;;;. The van der Waals surface area contributed by atoms with E-state index in [0.717, 1.165) is 12.1 Å². The predicted octanol–water partition coefficient (Wildman–Crippen LogP) is 3.73. The van der Waals surface area contributed by atoms with Gasteiger partial charge >= 0.3 is 0 Å². The van der Waals surface area contributed by atoms with Gasteiger partial charge in [0.2, 0.25) is 0 Å². The van der Waals surface area contributed by atoms with E-state index >= 15 is 0 Å². The summed E-state index contributed by atoms with van der Waals surface area (Å²) in [7, 11) is 0. The molecule has 1 unspecified atom stereocenters. The van der Waals surface area contributed by atoms with Crippen molar-refractivity contribution in [3.63, 3.8) is 0 Å². The van der Waals surface area contributed by atoms with Crippen molar-refractivity contribution in [1.29, 1.82) is 0 Å². The van der Waals surface area contributed by atoms with Gasteiger partial charge in [-0.2, -0.15) is 15.0 Å². The van der Waals surface area contributed by atoms with E-state index in [4.69, 9.17) is 12.2 Å². The van der Waals surface area contributed by atoms with Crippen molar-refractivity contribution in [2.45, 2.75) is 27.2 Å². The van der Waals surface area contributed by atoms with Gasteiger partial charge in [-0.05, 0) is 36.2 Å². The van der Waals surface area contributed by atoms with E-state index in [1.165, 1.54) is 5.56 Å². The molecule has 0 saturated heterocycles. The second kappa shape index (κ2) is 9.01. The van der Waals surface area contributed by atoms with Crippen molar-refractivity contribution in [2.75, 3.05) is 5.32 Å². The maximum absolute atomic E-state index is 5.16. The molecule has 0 aromatic heterocycles. The van der Waals surface area contributed by atoms with E-state index in [-0.39, 0.29) is 12.8 Å². The Balaban J connectivity index is -0.000000963. The van der Waals surface area contributed by atoms with Crippen molar-refractivity contribution in [1.82, 2.24) is 5.43 Å². The fourth-order valence-corrected chi connectivity index (χ4v) is 1.51. The molecule has 5 heteroatoms. The van der Waals surface area contributed by atoms with E-state index in [9.17, 15) is 0 Å². The Kier molecular flexibility index (Phi) is 8.51. The van der Waals surface area contributed by atoms with Gasteiger partial charge in [0, 0.05) is 14.8 Å². The van der Waals surface area contributed by atoms with Crippen LogP contribution in [0.5, 0.6) is 0 Å². The number of nitrogens with zero attached hydrogens (tertiary/aromatic N) is 1. The second-order valence-corrected chi connectivity index (χ2v) is 4.51. The molecule has 0 heterocycles. The molecule has 0 aliphatic carbocycles. The number of rotatable bonds is 4. The van der Waals surface area contributed by atoms with Gasteiger partial charge in [0.05, 0.1) is 0 Å². The zero-order chi connectivity index (χ0) is 12.7. The normalized spacial score (nSPS) is 10.2. The van der Waals surface area contributed by atoms with Gasteiger partial charge in [0.1, 0.15) is 0 Å². The molecule has 104 valence electrons. The highest BCUT2D eigenvalue weighted by Gasteiger charge is 2.00. The number of benzene rings is 1. The number of para-hydroxylation sites is 1. The molecule has 1 aromatic rings. The second-order valence-electron chi connectivity index (χ2n) is 4.10. The monoisotopic (exact) mass is 287 g/mol. The Hall–Kier alpha value is -0.990. The van der Waals surface area contributed by atoms with Crippen LogP contribution in [-0.2, 0) is 6.42 Å². The zero-order valence-corrected chi connectivity index (χ0v) is 13.5. The molecule has 0 saturated carbocycles. The highest BCUT2D eigenvalue weighted by atomic mass is 32.1.